The van der Waals surface area contributed by atoms with Gasteiger partial charge in [0, 0.05) is 29.6 Å². The van der Waals surface area contributed by atoms with Crippen LogP contribution in [0.15, 0.2) is 11.6 Å². The van der Waals surface area contributed by atoms with E-state index in [1.165, 1.54) is 5.54 Å². The summed E-state index contributed by atoms with van der Waals surface area (Å²) in [6, 6.07) is 0. The van der Waals surface area contributed by atoms with Crippen LogP contribution in [0.5, 0.6) is 0 Å². The third kappa shape index (κ3) is 11.2. The summed E-state index contributed by atoms with van der Waals surface area (Å²) < 4.78 is 0. The van der Waals surface area contributed by atoms with E-state index in [2.05, 4.69) is 0 Å². The van der Waals surface area contributed by atoms with Crippen molar-refractivity contribution in [3.63, 3.8) is 0 Å². The quantitative estimate of drug-likeness (QED) is 0.403. The molecular weight excluding hydrogens is 94.5 g/mol. The zero-order valence-corrected chi connectivity index (χ0v) is 6.29. The minimum atomic E-state index is 0. The monoisotopic (exact) mass is 99.0 g/mol. The largest absolute Gasteiger partial charge is 0.0933 e. The Bertz CT molecular complexity index is 22.1. The zero-order valence-electron chi connectivity index (χ0n) is 3.53. The van der Waals surface area contributed by atoms with Gasteiger partial charge in [-0.2, -0.15) is 0 Å². The van der Waals surface area contributed by atoms with Crippen molar-refractivity contribution in [2.24, 2.45) is 0 Å². The average Bonchev–Trinajstić information content (AvgIpc) is 1.37. The van der Waals surface area contributed by atoms with Gasteiger partial charge in [0.05, 0.1) is 0 Å². The van der Waals surface area contributed by atoms with Gasteiger partial charge in [-0.25, -0.2) is 0 Å². The van der Waals surface area contributed by atoms with E-state index in [9.17, 15) is 0 Å². The van der Waals surface area contributed by atoms with Crippen molar-refractivity contribution in [2.45, 2.75) is 6.92 Å². The molecule has 2 heteroatoms. The molecule has 0 unspecified atom stereocenters. The minimum Gasteiger partial charge on any atom is -0.0933 e. The maximum Gasteiger partial charge on any atom is 0 e. The Morgan fingerprint density at radius 1 is 1.60 bits per heavy atom. The summed E-state index contributed by atoms with van der Waals surface area (Å²) in [6.45, 7) is 1.87. The second-order valence-corrected chi connectivity index (χ2v) is 0.711. The molecule has 0 aliphatic heterocycles. The molecule has 0 aromatic heterocycles. The van der Waals surface area contributed by atoms with E-state index in [0.717, 1.165) is 0 Å². The molecule has 0 aliphatic carbocycles. The molecule has 5 heavy (non-hydrogen) atoms. The van der Waals surface area contributed by atoms with Gasteiger partial charge >= 0.3 is 0 Å². The molecule has 0 saturated carbocycles. The molecule has 0 saturated heterocycles. The summed E-state index contributed by atoms with van der Waals surface area (Å²) in [5.41, 5.74) is 1.47. The van der Waals surface area contributed by atoms with Crippen LogP contribution in [0.4, 0.5) is 0 Å². The van der Waals surface area contributed by atoms with Crippen molar-refractivity contribution >= 4 is 41.2 Å². The molecule has 25 valence electrons. The van der Waals surface area contributed by atoms with Crippen LogP contribution in [0.1, 0.15) is 6.92 Å². The van der Waals surface area contributed by atoms with E-state index >= 15 is 0 Å². The Kier molecular flexibility index (Phi) is 16.7. The molecule has 0 spiro atoms. The SMILES string of the molecule is CC=CCl.[Na]. The van der Waals surface area contributed by atoms with Crippen LogP contribution in [0.3, 0.4) is 0 Å². The smallest absolute Gasteiger partial charge is 0 e. The first-order valence-corrected chi connectivity index (χ1v) is 1.57. The predicted octanol–water partition coefficient (Wildman–Crippen LogP) is 1.38. The summed E-state index contributed by atoms with van der Waals surface area (Å²) in [6.07, 6.45) is 1.77. The van der Waals surface area contributed by atoms with Gasteiger partial charge in [-0.15, -0.1) is 0 Å². The third-order valence-corrected chi connectivity index (χ3v) is 0.378. The fourth-order valence-electron chi connectivity index (χ4n) is 0. The fourth-order valence-corrected chi connectivity index (χ4v) is 0. The molecule has 0 aliphatic rings. The van der Waals surface area contributed by atoms with Crippen molar-refractivity contribution in [1.29, 1.82) is 0 Å². The van der Waals surface area contributed by atoms with E-state index in [1.807, 2.05) is 6.92 Å². The molecule has 0 bridgehead atoms. The predicted molar refractivity (Wildman–Crippen MR) is 26.4 cm³/mol. The van der Waals surface area contributed by atoms with Crippen molar-refractivity contribution in [3.05, 3.63) is 11.6 Å². The van der Waals surface area contributed by atoms with Gasteiger partial charge < -0.3 is 0 Å². The number of halogens is 1. The van der Waals surface area contributed by atoms with Crippen LogP contribution in [0.2, 0.25) is 0 Å². The van der Waals surface area contributed by atoms with E-state index in [-0.39, 0.29) is 29.6 Å². The minimum absolute atomic E-state index is 0. The molecule has 0 nitrogen and oxygen atoms in total. The summed E-state index contributed by atoms with van der Waals surface area (Å²) in [4.78, 5) is 0. The van der Waals surface area contributed by atoms with E-state index < -0.39 is 0 Å². The number of hydrogen-bond acceptors (Lipinski definition) is 0. The van der Waals surface area contributed by atoms with Gasteiger partial charge in [-0.3, -0.25) is 0 Å². The van der Waals surface area contributed by atoms with Gasteiger partial charge in [-0.1, -0.05) is 17.7 Å². The van der Waals surface area contributed by atoms with Crippen molar-refractivity contribution in [3.8, 4) is 0 Å². The first-order valence-electron chi connectivity index (χ1n) is 1.13. The Hall–Kier alpha value is 1.03. The first kappa shape index (κ1) is 9.39. The fraction of sp³-hybridized carbons (Fsp3) is 0.333. The zero-order chi connectivity index (χ0) is 3.41. The molecular formula is C3H5ClNa. The summed E-state index contributed by atoms with van der Waals surface area (Å²) in [7, 11) is 0. The van der Waals surface area contributed by atoms with Crippen molar-refractivity contribution < 1.29 is 0 Å². The van der Waals surface area contributed by atoms with Crippen molar-refractivity contribution in [1.82, 2.24) is 0 Å². The molecule has 0 atom stereocenters. The number of rotatable bonds is 0. The van der Waals surface area contributed by atoms with Gasteiger partial charge in [-0.05, 0) is 12.5 Å². The second-order valence-electron chi connectivity index (χ2n) is 0.459. The van der Waals surface area contributed by atoms with Crippen LogP contribution in [-0.2, 0) is 0 Å². The van der Waals surface area contributed by atoms with Gasteiger partial charge in [0.25, 0.3) is 0 Å². The normalized spacial score (nSPS) is 7.60. The van der Waals surface area contributed by atoms with Gasteiger partial charge in [0.1, 0.15) is 0 Å². The molecule has 0 aromatic carbocycles. The Morgan fingerprint density at radius 3 is 1.80 bits per heavy atom. The standard InChI is InChI=1S/C3H5Cl.Na/c1-2-3-4;/h2-3H,1H3;. The molecule has 0 rings (SSSR count). The first-order chi connectivity index (χ1) is 1.91. The summed E-state index contributed by atoms with van der Waals surface area (Å²) in [5.74, 6) is 0. The van der Waals surface area contributed by atoms with E-state index in [4.69, 9.17) is 11.6 Å². The third-order valence-electron chi connectivity index (χ3n) is 0.126. The number of hydrogen-bond donors (Lipinski definition) is 0. The molecule has 0 fully saturated rings. The van der Waals surface area contributed by atoms with E-state index in [1.54, 1.807) is 6.08 Å². The van der Waals surface area contributed by atoms with Crippen LogP contribution < -0.4 is 0 Å². The van der Waals surface area contributed by atoms with Gasteiger partial charge in [0.2, 0.25) is 0 Å². The van der Waals surface area contributed by atoms with Crippen molar-refractivity contribution in [2.75, 3.05) is 0 Å². The molecule has 0 N–H and O–H groups in total. The Labute approximate surface area is 59.5 Å². The van der Waals surface area contributed by atoms with Crippen LogP contribution >= 0.6 is 11.6 Å². The van der Waals surface area contributed by atoms with Gasteiger partial charge in [0.15, 0.2) is 0 Å². The molecule has 0 aromatic rings. The maximum absolute atomic E-state index is 5.01. The molecule has 0 heterocycles. The van der Waals surface area contributed by atoms with Crippen LogP contribution in [0, 0.1) is 0 Å². The maximum atomic E-state index is 5.01. The van der Waals surface area contributed by atoms with Crippen LogP contribution in [0.25, 0.3) is 0 Å². The Balaban J connectivity index is 0. The average molecular weight is 99.5 g/mol. The topological polar surface area (TPSA) is 0 Å². The molecule has 0 amide bonds. The molecule has 1 radical (unpaired) electrons. The Morgan fingerprint density at radius 2 is 1.80 bits per heavy atom. The van der Waals surface area contributed by atoms with Crippen LogP contribution in [-0.4, -0.2) is 29.6 Å². The van der Waals surface area contributed by atoms with E-state index in [0.29, 0.717) is 0 Å². The summed E-state index contributed by atoms with van der Waals surface area (Å²) >= 11 is 5.01. The number of allylic oxidation sites excluding steroid dienone is 1. The second kappa shape index (κ2) is 8.90. The summed E-state index contributed by atoms with van der Waals surface area (Å²) in [5, 5.41) is 0.